The zero-order chi connectivity index (χ0) is 10.9. The summed E-state index contributed by atoms with van der Waals surface area (Å²) < 4.78 is 91.2. The predicted molar refractivity (Wildman–Crippen MR) is 27.0 cm³/mol. The molecule has 0 aromatic heterocycles. The van der Waals surface area contributed by atoms with E-state index in [-0.39, 0.29) is 0 Å². The maximum absolute atomic E-state index is 12.4. The van der Waals surface area contributed by atoms with E-state index in [2.05, 4.69) is 0 Å². The van der Waals surface area contributed by atoms with Crippen LogP contribution in [0.5, 0.6) is 0 Å². The van der Waals surface area contributed by atoms with Crippen molar-refractivity contribution in [3.05, 3.63) is 0 Å². The third-order valence-corrected chi connectivity index (χ3v) is 2.37. The summed E-state index contributed by atoms with van der Waals surface area (Å²) in [6, 6.07) is 0. The van der Waals surface area contributed by atoms with Crippen molar-refractivity contribution in [1.29, 1.82) is 0 Å². The molecule has 0 aliphatic rings. The Balaban J connectivity index is 5.33. The number of halogens is 6. The molecule has 0 aliphatic heterocycles. The average molecular weight is 232 g/mol. The number of rotatable bonds is 3. The first-order valence-corrected chi connectivity index (χ1v) is 3.89. The van der Waals surface area contributed by atoms with Gasteiger partial charge in [0.15, 0.2) is 0 Å². The average Bonchev–Trinajstić information content (AvgIpc) is 2.00. The van der Waals surface area contributed by atoms with Crippen molar-refractivity contribution in [2.75, 3.05) is 6.67 Å². The van der Waals surface area contributed by atoms with Gasteiger partial charge in [-0.2, -0.15) is 21.6 Å². The van der Waals surface area contributed by atoms with E-state index < -0.39 is 28.0 Å². The van der Waals surface area contributed by atoms with Crippen LogP contribution in [0.4, 0.5) is 26.5 Å². The lowest BCUT2D eigenvalue weighted by Crippen LogP contribution is -2.50. The summed E-state index contributed by atoms with van der Waals surface area (Å²) in [5, 5.41) is -5.37. The van der Waals surface area contributed by atoms with E-state index >= 15 is 0 Å². The van der Waals surface area contributed by atoms with Gasteiger partial charge in [0, 0.05) is 0 Å². The van der Waals surface area contributed by atoms with Gasteiger partial charge in [0.05, 0.1) is 0 Å². The summed E-state index contributed by atoms with van der Waals surface area (Å²) >= 11 is 0. The van der Waals surface area contributed by atoms with Gasteiger partial charge in [-0.1, -0.05) is 4.39 Å². The van der Waals surface area contributed by atoms with E-state index in [1.165, 1.54) is 0 Å². The maximum Gasteiger partial charge on any atom is 0.442 e. The lowest BCUT2D eigenvalue weighted by atomic mass is 10.4. The number of alkyl halides is 5. The highest BCUT2D eigenvalue weighted by Gasteiger charge is 2.67. The van der Waals surface area contributed by atoms with Crippen molar-refractivity contribution in [3.8, 4) is 0 Å². The minimum Gasteiger partial charge on any atom is -0.246 e. The normalized spacial score (nSPS) is 18.3. The second kappa shape index (κ2) is 3.33. The Labute approximate surface area is 68.3 Å². The molecule has 0 saturated heterocycles. The highest BCUT2D eigenvalue weighted by Crippen LogP contribution is 2.39. The zero-order valence-corrected chi connectivity index (χ0v) is 6.42. The molecule has 80 valence electrons. The molecule has 0 fully saturated rings. The third-order valence-electron chi connectivity index (χ3n) is 1.07. The van der Waals surface area contributed by atoms with Gasteiger partial charge in [-0.05, 0) is 4.53 Å². The minimum absolute atomic E-state index is 1.76. The van der Waals surface area contributed by atoms with Crippen molar-refractivity contribution in [2.45, 2.75) is 11.2 Å². The van der Waals surface area contributed by atoms with Crippen LogP contribution in [0.1, 0.15) is 0 Å². The van der Waals surface area contributed by atoms with E-state index in [0.717, 1.165) is 0 Å². The SMILES string of the molecule is O=S(=O)(OF)C(F)(CF)C(F)(F)F. The molecule has 1 unspecified atom stereocenters. The summed E-state index contributed by atoms with van der Waals surface area (Å²) in [7, 11) is -6.30. The van der Waals surface area contributed by atoms with Crippen LogP contribution in [0.15, 0.2) is 0 Å². The van der Waals surface area contributed by atoms with E-state index in [9.17, 15) is 34.9 Å². The Morgan fingerprint density at radius 1 is 1.15 bits per heavy atom. The highest BCUT2D eigenvalue weighted by molar-refractivity contribution is 7.88. The second-order valence-electron chi connectivity index (χ2n) is 1.88. The molecular formula is C3H2F6O3S. The van der Waals surface area contributed by atoms with Crippen LogP contribution in [-0.4, -0.2) is 26.3 Å². The van der Waals surface area contributed by atoms with Gasteiger partial charge >= 0.3 is 21.3 Å². The van der Waals surface area contributed by atoms with Crippen LogP contribution in [0.2, 0.25) is 0 Å². The lowest BCUT2D eigenvalue weighted by molar-refractivity contribution is -0.207. The van der Waals surface area contributed by atoms with Gasteiger partial charge in [0.1, 0.15) is 6.67 Å². The van der Waals surface area contributed by atoms with Crippen LogP contribution in [0, 0.1) is 0 Å². The molecule has 3 nitrogen and oxygen atoms in total. The molecule has 0 aromatic rings. The molecule has 0 radical (unpaired) electrons. The van der Waals surface area contributed by atoms with Crippen LogP contribution >= 0.6 is 0 Å². The highest BCUT2D eigenvalue weighted by atomic mass is 32.2. The van der Waals surface area contributed by atoms with Crippen LogP contribution in [0.3, 0.4) is 0 Å². The van der Waals surface area contributed by atoms with E-state index in [1.54, 1.807) is 4.39 Å². The largest absolute Gasteiger partial charge is 0.442 e. The monoisotopic (exact) mass is 232 g/mol. The Morgan fingerprint density at radius 2 is 1.54 bits per heavy atom. The minimum atomic E-state index is -6.30. The molecule has 0 aromatic carbocycles. The van der Waals surface area contributed by atoms with Crippen molar-refractivity contribution in [1.82, 2.24) is 0 Å². The van der Waals surface area contributed by atoms with Crippen molar-refractivity contribution < 1.29 is 39.3 Å². The first kappa shape index (κ1) is 12.5. The lowest BCUT2D eigenvalue weighted by Gasteiger charge is -2.21. The second-order valence-corrected chi connectivity index (χ2v) is 3.56. The fourth-order valence-electron chi connectivity index (χ4n) is 0.334. The molecular weight excluding hydrogens is 230 g/mol. The van der Waals surface area contributed by atoms with Crippen molar-refractivity contribution in [2.24, 2.45) is 0 Å². The smallest absolute Gasteiger partial charge is 0.246 e. The summed E-state index contributed by atoms with van der Waals surface area (Å²) in [5.74, 6) is 0. The van der Waals surface area contributed by atoms with Gasteiger partial charge < -0.3 is 0 Å². The molecule has 0 spiro atoms. The summed E-state index contributed by atoms with van der Waals surface area (Å²) in [6.07, 6.45) is -6.10. The molecule has 0 saturated carbocycles. The van der Waals surface area contributed by atoms with Gasteiger partial charge in [0.2, 0.25) is 0 Å². The van der Waals surface area contributed by atoms with Crippen LogP contribution < -0.4 is 0 Å². The van der Waals surface area contributed by atoms with Gasteiger partial charge in [-0.15, -0.1) is 0 Å². The Kier molecular flexibility index (Phi) is 3.20. The fourth-order valence-corrected chi connectivity index (χ4v) is 0.851. The topological polar surface area (TPSA) is 43.4 Å². The molecule has 0 N–H and O–H groups in total. The van der Waals surface area contributed by atoms with Gasteiger partial charge in [-0.3, -0.25) is 0 Å². The molecule has 0 amide bonds. The van der Waals surface area contributed by atoms with Gasteiger partial charge in [-0.25, -0.2) is 8.78 Å². The molecule has 0 heterocycles. The Bertz CT molecular complexity index is 269. The Morgan fingerprint density at radius 3 is 1.62 bits per heavy atom. The van der Waals surface area contributed by atoms with Crippen LogP contribution in [0.25, 0.3) is 0 Å². The summed E-state index contributed by atoms with van der Waals surface area (Å²) in [5.41, 5.74) is 0. The van der Waals surface area contributed by atoms with Crippen LogP contribution in [-0.2, 0) is 14.5 Å². The molecule has 1 atom stereocenters. The maximum atomic E-state index is 12.4. The molecule has 0 rings (SSSR count). The predicted octanol–water partition coefficient (Wildman–Crippen LogP) is 1.41. The summed E-state index contributed by atoms with van der Waals surface area (Å²) in [4.78, 5) is 0. The van der Waals surface area contributed by atoms with E-state index in [0.29, 0.717) is 0 Å². The van der Waals surface area contributed by atoms with Crippen molar-refractivity contribution >= 4 is 10.1 Å². The van der Waals surface area contributed by atoms with Gasteiger partial charge in [0.25, 0.3) is 0 Å². The number of hydrogen-bond acceptors (Lipinski definition) is 3. The Hall–Kier alpha value is -0.510. The fraction of sp³-hybridized carbons (Fsp3) is 1.00. The first-order chi connectivity index (χ1) is 5.62. The third kappa shape index (κ3) is 1.88. The molecule has 0 aliphatic carbocycles. The van der Waals surface area contributed by atoms with E-state index in [1.807, 2.05) is 0 Å². The molecule has 13 heavy (non-hydrogen) atoms. The number of hydrogen-bond donors (Lipinski definition) is 0. The quantitative estimate of drug-likeness (QED) is 0.691. The molecule has 0 bridgehead atoms. The first-order valence-electron chi connectivity index (χ1n) is 2.49. The molecule has 10 heteroatoms. The zero-order valence-electron chi connectivity index (χ0n) is 5.61. The standard InChI is InChI=1S/C3H2F6O3S/c4-1-2(5,3(6,7)8)13(10,11)12-9/h1H2. The van der Waals surface area contributed by atoms with E-state index in [4.69, 9.17) is 0 Å². The van der Waals surface area contributed by atoms with Crippen molar-refractivity contribution in [3.63, 3.8) is 0 Å². The summed E-state index contributed by atoms with van der Waals surface area (Å²) in [6.45, 7) is -2.98.